The average Bonchev–Trinajstić information content (AvgIpc) is 2.53. The summed E-state index contributed by atoms with van der Waals surface area (Å²) in [5, 5.41) is 17.7. The molecule has 0 aliphatic carbocycles. The summed E-state index contributed by atoms with van der Waals surface area (Å²) in [7, 11) is 0. The maximum absolute atomic E-state index is 9.45. The Morgan fingerprint density at radius 2 is 2.06 bits per heavy atom. The SMILES string of the molecule is CC(C)(C)Cn1nnc2c(Cl)c(O)ccc21. The highest BCUT2D eigenvalue weighted by Gasteiger charge is 2.16. The van der Waals surface area contributed by atoms with Gasteiger partial charge < -0.3 is 5.11 Å². The van der Waals surface area contributed by atoms with Gasteiger partial charge in [-0.2, -0.15) is 0 Å². The third-order valence-corrected chi connectivity index (χ3v) is 2.60. The number of fused-ring (bicyclic) bond motifs is 1. The lowest BCUT2D eigenvalue weighted by Crippen LogP contribution is -2.16. The van der Waals surface area contributed by atoms with Crippen LogP contribution >= 0.6 is 11.6 Å². The van der Waals surface area contributed by atoms with Crippen LogP contribution in [0.5, 0.6) is 5.75 Å². The Labute approximate surface area is 98.8 Å². The lowest BCUT2D eigenvalue weighted by Gasteiger charge is -2.17. The molecule has 0 fully saturated rings. The second kappa shape index (κ2) is 3.63. The first-order valence-corrected chi connectivity index (χ1v) is 5.47. The van der Waals surface area contributed by atoms with Crippen LogP contribution < -0.4 is 0 Å². The summed E-state index contributed by atoms with van der Waals surface area (Å²) < 4.78 is 1.81. The van der Waals surface area contributed by atoms with Gasteiger partial charge in [-0.3, -0.25) is 0 Å². The molecule has 0 unspecified atom stereocenters. The van der Waals surface area contributed by atoms with Gasteiger partial charge in [0.2, 0.25) is 0 Å². The highest BCUT2D eigenvalue weighted by Crippen LogP contribution is 2.30. The van der Waals surface area contributed by atoms with Gasteiger partial charge in [0, 0.05) is 6.54 Å². The van der Waals surface area contributed by atoms with Crippen molar-refractivity contribution >= 4 is 22.6 Å². The van der Waals surface area contributed by atoms with Crippen LogP contribution in [0, 0.1) is 5.41 Å². The molecule has 86 valence electrons. The molecule has 1 heterocycles. The molecule has 0 bridgehead atoms. The number of hydrogen-bond acceptors (Lipinski definition) is 3. The van der Waals surface area contributed by atoms with E-state index < -0.39 is 0 Å². The predicted octanol–water partition coefficient (Wildman–Crippen LogP) is 2.84. The number of phenols is 1. The second-order valence-electron chi connectivity index (χ2n) is 5.07. The second-order valence-corrected chi connectivity index (χ2v) is 5.45. The molecule has 4 nitrogen and oxygen atoms in total. The topological polar surface area (TPSA) is 50.9 Å². The van der Waals surface area contributed by atoms with Gasteiger partial charge in [0.05, 0.1) is 5.52 Å². The number of phenolic OH excluding ortho intramolecular Hbond substituents is 1. The number of halogens is 1. The van der Waals surface area contributed by atoms with E-state index in [0.29, 0.717) is 5.52 Å². The summed E-state index contributed by atoms with van der Waals surface area (Å²) in [4.78, 5) is 0. The van der Waals surface area contributed by atoms with Crippen LogP contribution in [0.2, 0.25) is 5.02 Å². The molecule has 0 aliphatic heterocycles. The van der Waals surface area contributed by atoms with Gasteiger partial charge in [0.25, 0.3) is 0 Å². The monoisotopic (exact) mass is 239 g/mol. The predicted molar refractivity (Wildman–Crippen MR) is 63.7 cm³/mol. The minimum atomic E-state index is 0.0389. The van der Waals surface area contributed by atoms with Crippen LogP contribution in [0.15, 0.2) is 12.1 Å². The Kier molecular flexibility index (Phi) is 2.54. The third kappa shape index (κ3) is 1.97. The summed E-state index contributed by atoms with van der Waals surface area (Å²) in [5.41, 5.74) is 1.51. The van der Waals surface area contributed by atoms with Gasteiger partial charge in [0.1, 0.15) is 16.3 Å². The molecule has 16 heavy (non-hydrogen) atoms. The number of nitrogens with zero attached hydrogens (tertiary/aromatic N) is 3. The lowest BCUT2D eigenvalue weighted by atomic mass is 9.97. The number of aromatic hydroxyl groups is 1. The highest BCUT2D eigenvalue weighted by molar-refractivity contribution is 6.36. The van der Waals surface area contributed by atoms with E-state index in [0.717, 1.165) is 12.1 Å². The molecule has 0 spiro atoms. The summed E-state index contributed by atoms with van der Waals surface area (Å²) in [6.07, 6.45) is 0. The van der Waals surface area contributed by atoms with Crippen molar-refractivity contribution < 1.29 is 5.11 Å². The van der Waals surface area contributed by atoms with E-state index in [2.05, 4.69) is 31.1 Å². The molecule has 1 N–H and O–H groups in total. The van der Waals surface area contributed by atoms with E-state index in [9.17, 15) is 5.11 Å². The third-order valence-electron chi connectivity index (χ3n) is 2.23. The Hall–Kier alpha value is -1.29. The highest BCUT2D eigenvalue weighted by atomic mass is 35.5. The van der Waals surface area contributed by atoms with Crippen LogP contribution in [0.3, 0.4) is 0 Å². The molecule has 0 atom stereocenters. The van der Waals surface area contributed by atoms with Gasteiger partial charge >= 0.3 is 0 Å². The molecular weight excluding hydrogens is 226 g/mol. The van der Waals surface area contributed by atoms with E-state index in [1.54, 1.807) is 16.8 Å². The summed E-state index contributed by atoms with van der Waals surface area (Å²) in [6, 6.07) is 3.34. The van der Waals surface area contributed by atoms with Gasteiger partial charge in [0.15, 0.2) is 0 Å². The maximum atomic E-state index is 9.45. The van der Waals surface area contributed by atoms with Crippen LogP contribution in [-0.2, 0) is 6.54 Å². The van der Waals surface area contributed by atoms with Crippen molar-refractivity contribution in [1.82, 2.24) is 15.0 Å². The van der Waals surface area contributed by atoms with Crippen molar-refractivity contribution in [3.63, 3.8) is 0 Å². The number of aromatic nitrogens is 3. The van der Waals surface area contributed by atoms with Crippen LogP contribution in [0.25, 0.3) is 11.0 Å². The van der Waals surface area contributed by atoms with Crippen LogP contribution in [0.4, 0.5) is 0 Å². The maximum Gasteiger partial charge on any atom is 0.136 e. The Bertz CT molecular complexity index is 528. The quantitative estimate of drug-likeness (QED) is 0.833. The number of rotatable bonds is 1. The van der Waals surface area contributed by atoms with E-state index in [1.165, 1.54) is 0 Å². The number of benzene rings is 1. The van der Waals surface area contributed by atoms with Crippen LogP contribution in [-0.4, -0.2) is 20.1 Å². The van der Waals surface area contributed by atoms with Crippen molar-refractivity contribution in [3.05, 3.63) is 17.2 Å². The van der Waals surface area contributed by atoms with Crippen molar-refractivity contribution in [3.8, 4) is 5.75 Å². The smallest absolute Gasteiger partial charge is 0.136 e. The standard InChI is InChI=1S/C11H14ClN3O/c1-11(2,3)6-15-7-4-5-8(16)9(12)10(7)13-14-15/h4-5,16H,6H2,1-3H3. The molecule has 0 saturated carbocycles. The minimum absolute atomic E-state index is 0.0389. The van der Waals surface area contributed by atoms with Gasteiger partial charge in [-0.05, 0) is 17.5 Å². The first-order valence-electron chi connectivity index (χ1n) is 5.09. The Morgan fingerprint density at radius 3 is 2.69 bits per heavy atom. The first-order chi connectivity index (χ1) is 7.38. The molecule has 0 aliphatic rings. The molecule has 2 rings (SSSR count). The molecule has 0 saturated heterocycles. The molecule has 1 aromatic carbocycles. The van der Waals surface area contributed by atoms with Gasteiger partial charge in [-0.15, -0.1) is 5.10 Å². The zero-order valence-electron chi connectivity index (χ0n) is 9.53. The van der Waals surface area contributed by atoms with Crippen molar-refractivity contribution in [2.45, 2.75) is 27.3 Å². The minimum Gasteiger partial charge on any atom is -0.506 e. The molecular formula is C11H14ClN3O. The molecule has 2 aromatic rings. The van der Waals surface area contributed by atoms with Crippen molar-refractivity contribution in [2.75, 3.05) is 0 Å². The average molecular weight is 240 g/mol. The van der Waals surface area contributed by atoms with E-state index in [1.807, 2.05) is 0 Å². The van der Waals surface area contributed by atoms with Gasteiger partial charge in [-0.1, -0.05) is 37.6 Å². The molecule has 1 aromatic heterocycles. The van der Waals surface area contributed by atoms with E-state index in [4.69, 9.17) is 11.6 Å². The fourth-order valence-corrected chi connectivity index (χ4v) is 1.76. The molecule has 5 heteroatoms. The zero-order valence-corrected chi connectivity index (χ0v) is 10.3. The van der Waals surface area contributed by atoms with Crippen LogP contribution in [0.1, 0.15) is 20.8 Å². The largest absolute Gasteiger partial charge is 0.506 e. The Balaban J connectivity index is 2.54. The summed E-state index contributed by atoms with van der Waals surface area (Å²) in [5.74, 6) is 0.0389. The fraction of sp³-hybridized carbons (Fsp3) is 0.455. The van der Waals surface area contributed by atoms with E-state index in [-0.39, 0.29) is 16.2 Å². The normalized spacial score (nSPS) is 12.2. The van der Waals surface area contributed by atoms with Gasteiger partial charge in [-0.25, -0.2) is 4.68 Å². The summed E-state index contributed by atoms with van der Waals surface area (Å²) >= 11 is 5.94. The van der Waals surface area contributed by atoms with Crippen molar-refractivity contribution in [1.29, 1.82) is 0 Å². The first kappa shape index (κ1) is 11.2. The zero-order chi connectivity index (χ0) is 11.9. The van der Waals surface area contributed by atoms with E-state index >= 15 is 0 Å². The lowest BCUT2D eigenvalue weighted by molar-refractivity contribution is 0.327. The number of hydrogen-bond donors (Lipinski definition) is 1. The van der Waals surface area contributed by atoms with Crippen molar-refractivity contribution in [2.24, 2.45) is 5.41 Å². The summed E-state index contributed by atoms with van der Waals surface area (Å²) in [6.45, 7) is 7.14. The molecule has 0 amide bonds. The molecule has 0 radical (unpaired) electrons. The Morgan fingerprint density at radius 1 is 1.38 bits per heavy atom. The fourth-order valence-electron chi connectivity index (χ4n) is 1.56.